The van der Waals surface area contributed by atoms with E-state index < -0.39 is 0 Å². The monoisotopic (exact) mass is 599 g/mol. The molecule has 0 atom stereocenters. The molecular weight excluding hydrogens is 574 g/mol. The van der Waals surface area contributed by atoms with Gasteiger partial charge in [0.2, 0.25) is 5.69 Å². The van der Waals surface area contributed by atoms with Crippen molar-refractivity contribution in [3.63, 3.8) is 0 Å². The Morgan fingerprint density at radius 1 is 0.511 bits per heavy atom. The number of para-hydroxylation sites is 1. The van der Waals surface area contributed by atoms with Gasteiger partial charge < -0.3 is 4.57 Å². The predicted molar refractivity (Wildman–Crippen MR) is 189 cm³/mol. The van der Waals surface area contributed by atoms with Crippen molar-refractivity contribution in [3.05, 3.63) is 169 Å². The number of nitriles is 1. The molecule has 0 saturated heterocycles. The molecule has 0 bridgehead atoms. The summed E-state index contributed by atoms with van der Waals surface area (Å²) in [6.07, 6.45) is 6.74. The standard InChI is InChI=1S/C42H25N5/c1-44-37-20-36(26-46-27-37)32-13-9-30(10-14-32)34-16-18-42-40(22-34)39-21-33(15-17-41(39)47(42)38-5-3-2-4-6-38)29-7-11-31(12-8-29)35-19-28(23-43)24-45-25-35/h2-22,24-27H. The molecule has 0 radical (unpaired) electrons. The molecule has 0 aliphatic rings. The average molecular weight is 600 g/mol. The summed E-state index contributed by atoms with van der Waals surface area (Å²) in [6.45, 7) is 7.32. The van der Waals surface area contributed by atoms with E-state index in [-0.39, 0.29) is 0 Å². The number of pyridine rings is 2. The number of nitrogens with zero attached hydrogens (tertiary/aromatic N) is 5. The van der Waals surface area contributed by atoms with Crippen LogP contribution in [0.25, 0.3) is 76.8 Å². The number of fused-ring (bicyclic) bond motifs is 3. The minimum Gasteiger partial charge on any atom is -0.309 e. The molecule has 0 N–H and O–H groups in total. The molecular formula is C42H25N5. The summed E-state index contributed by atoms with van der Waals surface area (Å²) in [6, 6.07) is 46.6. The zero-order chi connectivity index (χ0) is 31.7. The first-order valence-corrected chi connectivity index (χ1v) is 15.2. The second-order valence-electron chi connectivity index (χ2n) is 11.4. The van der Waals surface area contributed by atoms with Crippen molar-refractivity contribution in [3.8, 4) is 56.3 Å². The molecule has 0 aliphatic carbocycles. The summed E-state index contributed by atoms with van der Waals surface area (Å²) in [5, 5.41) is 11.6. The maximum absolute atomic E-state index is 9.29. The fourth-order valence-electron chi connectivity index (χ4n) is 6.25. The zero-order valence-electron chi connectivity index (χ0n) is 25.2. The molecule has 47 heavy (non-hydrogen) atoms. The van der Waals surface area contributed by atoms with Gasteiger partial charge in [0.15, 0.2) is 0 Å². The maximum Gasteiger partial charge on any atom is 0.205 e. The van der Waals surface area contributed by atoms with Crippen LogP contribution in [0, 0.1) is 17.9 Å². The summed E-state index contributed by atoms with van der Waals surface area (Å²) in [5.41, 5.74) is 12.9. The summed E-state index contributed by atoms with van der Waals surface area (Å²) in [4.78, 5) is 12.0. The average Bonchev–Trinajstić information content (AvgIpc) is 3.48. The molecule has 0 saturated carbocycles. The van der Waals surface area contributed by atoms with Crippen LogP contribution < -0.4 is 0 Å². The first kappa shape index (κ1) is 27.7. The van der Waals surface area contributed by atoms with E-state index in [0.29, 0.717) is 11.3 Å². The molecule has 0 unspecified atom stereocenters. The Morgan fingerprint density at radius 2 is 1.00 bits per heavy atom. The van der Waals surface area contributed by atoms with Gasteiger partial charge in [-0.2, -0.15) is 5.26 Å². The van der Waals surface area contributed by atoms with Gasteiger partial charge in [0, 0.05) is 46.8 Å². The smallest absolute Gasteiger partial charge is 0.205 e. The van der Waals surface area contributed by atoms with Crippen LogP contribution >= 0.6 is 0 Å². The Bertz CT molecular complexity index is 2360. The van der Waals surface area contributed by atoms with E-state index in [1.165, 1.54) is 10.8 Å². The Kier molecular flexibility index (Phi) is 6.84. The van der Waals surface area contributed by atoms with E-state index >= 15 is 0 Å². The molecule has 3 heterocycles. The number of benzene rings is 5. The minimum atomic E-state index is 0.532. The normalized spacial score (nSPS) is 10.9. The van der Waals surface area contributed by atoms with Gasteiger partial charge in [-0.3, -0.25) is 9.97 Å². The van der Waals surface area contributed by atoms with Crippen molar-refractivity contribution in [2.24, 2.45) is 0 Å². The lowest BCUT2D eigenvalue weighted by Gasteiger charge is -2.09. The van der Waals surface area contributed by atoms with Gasteiger partial charge >= 0.3 is 0 Å². The summed E-state index contributed by atoms with van der Waals surface area (Å²) >= 11 is 0. The highest BCUT2D eigenvalue weighted by Gasteiger charge is 2.15. The van der Waals surface area contributed by atoms with Crippen LogP contribution in [-0.4, -0.2) is 14.5 Å². The third kappa shape index (κ3) is 5.09. The highest BCUT2D eigenvalue weighted by atomic mass is 15.0. The third-order valence-electron chi connectivity index (χ3n) is 8.60. The van der Waals surface area contributed by atoms with Gasteiger partial charge in [-0.1, -0.05) is 78.9 Å². The van der Waals surface area contributed by atoms with Crippen molar-refractivity contribution in [1.29, 1.82) is 5.26 Å². The SMILES string of the molecule is [C-]#[N+]c1cncc(-c2ccc(-c3ccc4c(c3)c3cc(-c5ccc(-c6cncc(C#N)c6)cc5)ccc3n4-c3ccccc3)cc2)c1. The summed E-state index contributed by atoms with van der Waals surface area (Å²) < 4.78 is 2.33. The van der Waals surface area contributed by atoms with Crippen LogP contribution in [0.5, 0.6) is 0 Å². The molecule has 0 spiro atoms. The molecule has 0 fully saturated rings. The topological polar surface area (TPSA) is 58.9 Å². The molecule has 0 amide bonds. The first-order chi connectivity index (χ1) is 23.2. The fourth-order valence-corrected chi connectivity index (χ4v) is 6.25. The number of hydrogen-bond acceptors (Lipinski definition) is 3. The molecule has 3 aromatic heterocycles. The van der Waals surface area contributed by atoms with Crippen LogP contribution in [0.1, 0.15) is 5.56 Å². The third-order valence-corrected chi connectivity index (χ3v) is 8.60. The van der Waals surface area contributed by atoms with E-state index in [9.17, 15) is 5.26 Å². The van der Waals surface area contributed by atoms with Crippen molar-refractivity contribution < 1.29 is 0 Å². The van der Waals surface area contributed by atoms with E-state index in [2.05, 4.69) is 135 Å². The predicted octanol–water partition coefficient (Wildman–Crippen LogP) is 10.7. The van der Waals surface area contributed by atoms with Crippen LogP contribution in [0.4, 0.5) is 5.69 Å². The fraction of sp³-hybridized carbons (Fsp3) is 0. The van der Waals surface area contributed by atoms with Crippen molar-refractivity contribution in [2.45, 2.75) is 0 Å². The van der Waals surface area contributed by atoms with E-state index in [1.54, 1.807) is 24.8 Å². The zero-order valence-corrected chi connectivity index (χ0v) is 25.2. The van der Waals surface area contributed by atoms with E-state index in [4.69, 9.17) is 6.57 Å². The molecule has 5 heteroatoms. The lowest BCUT2D eigenvalue weighted by Crippen LogP contribution is -1.93. The van der Waals surface area contributed by atoms with Gasteiger partial charge in [0.05, 0.1) is 23.2 Å². The van der Waals surface area contributed by atoms with Gasteiger partial charge in [-0.05, 0) is 87.5 Å². The Labute approximate surface area is 272 Å². The molecule has 5 aromatic carbocycles. The Balaban J connectivity index is 1.22. The van der Waals surface area contributed by atoms with Crippen LogP contribution in [-0.2, 0) is 0 Å². The molecule has 0 aliphatic heterocycles. The Hall–Kier alpha value is -6.82. The number of hydrogen-bond donors (Lipinski definition) is 0. The summed E-state index contributed by atoms with van der Waals surface area (Å²) in [7, 11) is 0. The van der Waals surface area contributed by atoms with E-state index in [0.717, 1.165) is 61.2 Å². The van der Waals surface area contributed by atoms with Gasteiger partial charge in [0.25, 0.3) is 0 Å². The first-order valence-electron chi connectivity index (χ1n) is 15.2. The Morgan fingerprint density at radius 3 is 1.53 bits per heavy atom. The molecule has 218 valence electrons. The highest BCUT2D eigenvalue weighted by molar-refractivity contribution is 6.11. The second kappa shape index (κ2) is 11.6. The van der Waals surface area contributed by atoms with Crippen LogP contribution in [0.3, 0.4) is 0 Å². The van der Waals surface area contributed by atoms with Crippen molar-refractivity contribution >= 4 is 27.5 Å². The van der Waals surface area contributed by atoms with Crippen LogP contribution in [0.2, 0.25) is 0 Å². The van der Waals surface area contributed by atoms with Crippen LogP contribution in [0.15, 0.2) is 152 Å². The molecule has 8 aromatic rings. The van der Waals surface area contributed by atoms with Gasteiger partial charge in [0.1, 0.15) is 6.07 Å². The van der Waals surface area contributed by atoms with Crippen molar-refractivity contribution in [2.75, 3.05) is 0 Å². The highest BCUT2D eigenvalue weighted by Crippen LogP contribution is 2.38. The van der Waals surface area contributed by atoms with Crippen molar-refractivity contribution in [1.82, 2.24) is 14.5 Å². The molecule has 5 nitrogen and oxygen atoms in total. The minimum absolute atomic E-state index is 0.532. The number of aromatic nitrogens is 3. The second-order valence-corrected chi connectivity index (χ2v) is 11.4. The number of rotatable bonds is 5. The van der Waals surface area contributed by atoms with Gasteiger partial charge in [-0.25, -0.2) is 4.85 Å². The lowest BCUT2D eigenvalue weighted by atomic mass is 9.98. The maximum atomic E-state index is 9.29. The van der Waals surface area contributed by atoms with E-state index in [1.807, 2.05) is 18.2 Å². The molecule has 8 rings (SSSR count). The largest absolute Gasteiger partial charge is 0.309 e. The quantitative estimate of drug-likeness (QED) is 0.185. The lowest BCUT2D eigenvalue weighted by molar-refractivity contribution is 1.18. The summed E-state index contributed by atoms with van der Waals surface area (Å²) in [5.74, 6) is 0. The van der Waals surface area contributed by atoms with Gasteiger partial charge in [-0.15, -0.1) is 0 Å².